The number of aryl methyl sites for hydroxylation is 4. The minimum atomic E-state index is 0. The maximum atomic E-state index is 10.9. The fourth-order valence-electron chi connectivity index (χ4n) is 2.82. The van der Waals surface area contributed by atoms with Crippen LogP contribution in [0.1, 0.15) is 34.7 Å². The second-order valence-electron chi connectivity index (χ2n) is 5.48. The smallest absolute Gasteiger partial charge is 0.792 e. The summed E-state index contributed by atoms with van der Waals surface area (Å²) in [6.45, 7) is 1.80. The van der Waals surface area contributed by atoms with Crippen LogP contribution in [0.5, 0.6) is 0 Å². The van der Waals surface area contributed by atoms with Gasteiger partial charge in [0.1, 0.15) is 0 Å². The first-order valence-corrected chi connectivity index (χ1v) is 7.13. The molecule has 0 aliphatic heterocycles. The van der Waals surface area contributed by atoms with E-state index in [0.29, 0.717) is 5.71 Å². The van der Waals surface area contributed by atoms with Crippen LogP contribution in [0, 0.1) is 5.21 Å². The average Bonchev–Trinajstić information content (AvgIpc) is 2.49. The first-order chi connectivity index (χ1) is 9.76. The molecule has 4 bridgehead atoms. The number of hydrogen-bond acceptors (Lipinski definition) is 2. The van der Waals surface area contributed by atoms with Crippen molar-refractivity contribution in [1.29, 1.82) is 0 Å². The maximum absolute atomic E-state index is 10.9. The summed E-state index contributed by atoms with van der Waals surface area (Å²) in [5.41, 5.74) is 6.82. The molecule has 2 aromatic carbocycles. The van der Waals surface area contributed by atoms with E-state index in [2.05, 4.69) is 47.6 Å². The van der Waals surface area contributed by atoms with E-state index in [9.17, 15) is 5.21 Å². The topological polar surface area (TPSA) is 35.4 Å². The van der Waals surface area contributed by atoms with Crippen molar-refractivity contribution in [3.8, 4) is 0 Å². The average molecular weight is 397 g/mol. The summed E-state index contributed by atoms with van der Waals surface area (Å²) in [7, 11) is 0. The largest absolute Gasteiger partial charge is 1.00 e. The molecule has 2 aromatic rings. The molecule has 4 aliphatic carbocycles. The zero-order chi connectivity index (χ0) is 13.9. The molecule has 4 aliphatic rings. The molecule has 0 fully saturated rings. The van der Waals surface area contributed by atoms with Crippen LogP contribution in [0.25, 0.3) is 0 Å². The predicted octanol–water partition coefficient (Wildman–Crippen LogP) is 0.881. The molecule has 0 saturated carbocycles. The van der Waals surface area contributed by atoms with E-state index in [1.54, 1.807) is 6.92 Å². The Labute approximate surface area is 185 Å². The molecule has 0 atom stereocenters. The molecule has 21 heavy (non-hydrogen) atoms. The maximum Gasteiger partial charge on any atom is 1.00 e. The van der Waals surface area contributed by atoms with Crippen molar-refractivity contribution < 1.29 is 68.9 Å². The van der Waals surface area contributed by atoms with Crippen molar-refractivity contribution >= 4 is 5.71 Å². The third-order valence-electron chi connectivity index (χ3n) is 4.11. The van der Waals surface area contributed by atoms with Gasteiger partial charge in [0.25, 0.3) is 0 Å². The minimum absolute atomic E-state index is 0. The van der Waals surface area contributed by atoms with E-state index in [1.807, 2.05) is 0 Å². The Bertz CT molecular complexity index is 647. The van der Waals surface area contributed by atoms with E-state index >= 15 is 0 Å². The SMILES string of the molecule is C/C(=N/[O-])c1cc2ccc1CCc1ccc(cc1)CC2.[Cs+]. The van der Waals surface area contributed by atoms with Gasteiger partial charge in [0.15, 0.2) is 0 Å². The van der Waals surface area contributed by atoms with Gasteiger partial charge in [-0.2, -0.15) is 0 Å². The molecule has 102 valence electrons. The van der Waals surface area contributed by atoms with Crippen LogP contribution in [0.3, 0.4) is 0 Å². The quantitative estimate of drug-likeness (QED) is 0.520. The Morgan fingerprint density at radius 2 is 1.38 bits per heavy atom. The van der Waals surface area contributed by atoms with Gasteiger partial charge in [-0.3, -0.25) is 0 Å². The summed E-state index contributed by atoms with van der Waals surface area (Å²) in [5, 5.41) is 14.0. The molecule has 3 heteroatoms. The number of nitrogens with zero attached hydrogens (tertiary/aromatic N) is 1. The van der Waals surface area contributed by atoms with Gasteiger partial charge in [-0.05, 0) is 66.5 Å². The Morgan fingerprint density at radius 1 is 0.857 bits per heavy atom. The van der Waals surface area contributed by atoms with Crippen molar-refractivity contribution in [2.75, 3.05) is 0 Å². The normalized spacial score (nSPS) is 14.2. The molecule has 0 aromatic heterocycles. The Morgan fingerprint density at radius 3 is 2.00 bits per heavy atom. The van der Waals surface area contributed by atoms with Gasteiger partial charge >= 0.3 is 68.9 Å². The second kappa shape index (κ2) is 8.00. The van der Waals surface area contributed by atoms with E-state index in [-0.39, 0.29) is 68.9 Å². The molecule has 0 N–H and O–H groups in total. The van der Waals surface area contributed by atoms with Gasteiger partial charge < -0.3 is 10.4 Å². The number of hydrogen-bond donors (Lipinski definition) is 0. The van der Waals surface area contributed by atoms with Crippen molar-refractivity contribution in [1.82, 2.24) is 0 Å². The van der Waals surface area contributed by atoms with Crippen LogP contribution in [-0.4, -0.2) is 5.71 Å². The molecule has 0 unspecified atom stereocenters. The second-order valence-corrected chi connectivity index (χ2v) is 5.48. The van der Waals surface area contributed by atoms with E-state index in [0.717, 1.165) is 31.2 Å². The van der Waals surface area contributed by atoms with Crippen LogP contribution in [0.15, 0.2) is 47.6 Å². The summed E-state index contributed by atoms with van der Waals surface area (Å²) in [6, 6.07) is 15.4. The summed E-state index contributed by atoms with van der Waals surface area (Å²) in [6.07, 6.45) is 3.98. The van der Waals surface area contributed by atoms with E-state index in [1.165, 1.54) is 22.3 Å². The summed E-state index contributed by atoms with van der Waals surface area (Å²) in [5.74, 6) is 0. The molecule has 2 nitrogen and oxygen atoms in total. The molecule has 0 spiro atoms. The van der Waals surface area contributed by atoms with Gasteiger partial charge in [-0.25, -0.2) is 0 Å². The van der Waals surface area contributed by atoms with Crippen molar-refractivity contribution in [2.24, 2.45) is 5.16 Å². The Kier molecular flexibility index (Phi) is 6.59. The fraction of sp³-hybridized carbons (Fsp3) is 0.278. The monoisotopic (exact) mass is 397 g/mol. The van der Waals surface area contributed by atoms with Gasteiger partial charge in [-0.15, -0.1) is 0 Å². The molecular weight excluding hydrogens is 379 g/mol. The first-order valence-electron chi connectivity index (χ1n) is 7.13. The molecule has 6 rings (SSSR count). The van der Waals surface area contributed by atoms with Crippen LogP contribution in [-0.2, 0) is 25.7 Å². The van der Waals surface area contributed by atoms with E-state index in [4.69, 9.17) is 0 Å². The fourth-order valence-corrected chi connectivity index (χ4v) is 2.82. The minimum Gasteiger partial charge on any atom is -0.792 e. The number of benzene rings is 2. The number of rotatable bonds is 1. The van der Waals surface area contributed by atoms with Crippen LogP contribution in [0.4, 0.5) is 0 Å². The molecular formula is C18H18CsNO. The van der Waals surface area contributed by atoms with Gasteiger partial charge in [-0.1, -0.05) is 36.4 Å². The molecule has 0 radical (unpaired) electrons. The van der Waals surface area contributed by atoms with Crippen LogP contribution in [0.2, 0.25) is 0 Å². The van der Waals surface area contributed by atoms with Crippen LogP contribution < -0.4 is 68.9 Å². The van der Waals surface area contributed by atoms with Crippen molar-refractivity contribution in [3.63, 3.8) is 0 Å². The van der Waals surface area contributed by atoms with Crippen molar-refractivity contribution in [2.45, 2.75) is 32.6 Å². The third kappa shape index (κ3) is 4.24. The standard InChI is InChI=1S/C18H19NO.Cs/c1-13(19-20)18-12-16-7-6-14-2-4-15(5-3-14)8-10-17(18)11-9-16;/h2-5,9,11-12,20H,6-8,10H2,1H3;/q;+1/p-1/b19-13-;. The van der Waals surface area contributed by atoms with Gasteiger partial charge in [0.05, 0.1) is 0 Å². The summed E-state index contributed by atoms with van der Waals surface area (Å²) in [4.78, 5) is 0. The first kappa shape index (κ1) is 17.3. The van der Waals surface area contributed by atoms with Gasteiger partial charge in [0, 0.05) is 5.71 Å². The zero-order valence-corrected chi connectivity index (χ0v) is 19.0. The molecule has 0 heterocycles. The Balaban J connectivity index is 0.00000161. The van der Waals surface area contributed by atoms with Gasteiger partial charge in [0.2, 0.25) is 0 Å². The summed E-state index contributed by atoms with van der Waals surface area (Å²) < 4.78 is 0. The summed E-state index contributed by atoms with van der Waals surface area (Å²) >= 11 is 0. The van der Waals surface area contributed by atoms with Crippen LogP contribution >= 0.6 is 0 Å². The molecule has 0 amide bonds. The molecule has 0 saturated heterocycles. The zero-order valence-electron chi connectivity index (χ0n) is 12.7. The predicted molar refractivity (Wildman–Crippen MR) is 83.3 cm³/mol. The third-order valence-corrected chi connectivity index (χ3v) is 4.11. The Hall–Kier alpha value is -0.0381. The van der Waals surface area contributed by atoms with E-state index < -0.39 is 0 Å². The van der Waals surface area contributed by atoms with Crippen molar-refractivity contribution in [3.05, 3.63) is 75.5 Å².